The molecule has 0 radical (unpaired) electrons. The van der Waals surface area contributed by atoms with Crippen LogP contribution in [0, 0.1) is 50.5 Å². The molecule has 3 saturated carbocycles. The van der Waals surface area contributed by atoms with Crippen LogP contribution in [0.3, 0.4) is 0 Å². The van der Waals surface area contributed by atoms with Crippen molar-refractivity contribution in [1.82, 2.24) is 0 Å². The number of thioether (sulfide) groups is 1. The summed E-state index contributed by atoms with van der Waals surface area (Å²) >= 11 is 1.31. The van der Waals surface area contributed by atoms with Crippen molar-refractivity contribution in [2.75, 3.05) is 0 Å². The first-order valence-corrected chi connectivity index (χ1v) is 13.6. The fraction of sp³-hybridized carbons (Fsp3) is 0.643. The van der Waals surface area contributed by atoms with Crippen molar-refractivity contribution in [3.8, 4) is 0 Å². The van der Waals surface area contributed by atoms with Crippen LogP contribution in [0.15, 0.2) is 46.9 Å². The number of allylic oxidation sites excluding steroid dienone is 1. The average Bonchev–Trinajstić information content (AvgIpc) is 3.11. The first-order valence-electron chi connectivity index (χ1n) is 12.7. The molecule has 6 heteroatoms. The largest absolute Gasteiger partial charge is 0.300 e. The Morgan fingerprint density at radius 2 is 1.85 bits per heavy atom. The Kier molecular flexibility index (Phi) is 6.02. The minimum absolute atomic E-state index is 0.0588. The van der Waals surface area contributed by atoms with Gasteiger partial charge in [0.05, 0.1) is 0 Å². The summed E-state index contributed by atoms with van der Waals surface area (Å²) in [4.78, 5) is 38.3. The molecule has 0 heterocycles. The molecule has 0 bridgehead atoms. The van der Waals surface area contributed by atoms with E-state index in [9.17, 15) is 19.7 Å². The Bertz CT molecular complexity index is 1040. The van der Waals surface area contributed by atoms with Crippen LogP contribution in [0.2, 0.25) is 0 Å². The van der Waals surface area contributed by atoms with E-state index < -0.39 is 5.37 Å². The summed E-state index contributed by atoms with van der Waals surface area (Å²) in [7, 11) is 0. The predicted octanol–water partition coefficient (Wildman–Crippen LogP) is 6.34. The maximum atomic E-state index is 13.1. The maximum absolute atomic E-state index is 13.1. The molecule has 182 valence electrons. The molecule has 0 aliphatic heterocycles. The van der Waals surface area contributed by atoms with Gasteiger partial charge in [0, 0.05) is 28.1 Å². The number of hydrogen-bond donors (Lipinski definition) is 0. The van der Waals surface area contributed by atoms with Crippen LogP contribution < -0.4 is 0 Å². The molecule has 0 saturated heterocycles. The highest BCUT2D eigenvalue weighted by atomic mass is 32.2. The van der Waals surface area contributed by atoms with Crippen molar-refractivity contribution >= 4 is 23.3 Å². The second kappa shape index (κ2) is 8.61. The third-order valence-electron chi connectivity index (χ3n) is 10.1. The van der Waals surface area contributed by atoms with Gasteiger partial charge in [0.25, 0.3) is 5.37 Å². The van der Waals surface area contributed by atoms with E-state index in [0.29, 0.717) is 24.2 Å². The number of carbonyl (C=O) groups excluding carboxylic acids is 2. The Labute approximate surface area is 206 Å². The van der Waals surface area contributed by atoms with E-state index in [1.54, 1.807) is 6.92 Å². The topological polar surface area (TPSA) is 77.3 Å². The minimum atomic E-state index is -0.820. The molecule has 0 spiro atoms. The lowest BCUT2D eigenvalue weighted by atomic mass is 9.46. The lowest BCUT2D eigenvalue weighted by Gasteiger charge is -2.58. The zero-order valence-corrected chi connectivity index (χ0v) is 21.2. The third-order valence-corrected chi connectivity index (χ3v) is 11.4. The molecule has 1 aromatic rings. The zero-order chi connectivity index (χ0) is 24.3. The fourth-order valence-corrected chi connectivity index (χ4v) is 9.75. The van der Waals surface area contributed by atoms with Crippen LogP contribution in [0.1, 0.15) is 65.7 Å². The first-order chi connectivity index (χ1) is 16.1. The molecule has 0 amide bonds. The van der Waals surface area contributed by atoms with Gasteiger partial charge in [-0.25, -0.2) is 0 Å². The van der Waals surface area contributed by atoms with Gasteiger partial charge in [0.2, 0.25) is 0 Å². The summed E-state index contributed by atoms with van der Waals surface area (Å²) in [5.41, 5.74) is 1.20. The Balaban J connectivity index is 1.49. The van der Waals surface area contributed by atoms with Crippen molar-refractivity contribution in [2.45, 2.75) is 76.0 Å². The van der Waals surface area contributed by atoms with Crippen LogP contribution in [0.4, 0.5) is 0 Å². The van der Waals surface area contributed by atoms with Crippen molar-refractivity contribution in [2.24, 2.45) is 40.4 Å². The molecule has 4 aliphatic rings. The van der Waals surface area contributed by atoms with Gasteiger partial charge >= 0.3 is 0 Å². The number of nitro groups is 1. The van der Waals surface area contributed by atoms with Crippen molar-refractivity contribution in [3.05, 3.63) is 52.1 Å². The van der Waals surface area contributed by atoms with E-state index in [2.05, 4.69) is 13.8 Å². The quantitative estimate of drug-likeness (QED) is 0.212. The van der Waals surface area contributed by atoms with E-state index in [1.807, 2.05) is 36.4 Å². The molecule has 5 rings (SSSR count). The number of Topliss-reactive ketones (excluding diaryl/α,β-unsaturated/α-hetero) is 1. The molecule has 0 aromatic heterocycles. The molecule has 0 N–H and O–H groups in total. The molecule has 8 atom stereocenters. The van der Waals surface area contributed by atoms with Crippen molar-refractivity contribution in [1.29, 1.82) is 0 Å². The van der Waals surface area contributed by atoms with Gasteiger partial charge in [-0.15, -0.1) is 0 Å². The van der Waals surface area contributed by atoms with Crippen LogP contribution in [-0.2, 0) is 9.59 Å². The molecular formula is C28H35NO4S. The van der Waals surface area contributed by atoms with Gasteiger partial charge in [0.15, 0.2) is 5.78 Å². The Morgan fingerprint density at radius 1 is 1.12 bits per heavy atom. The number of benzene rings is 1. The number of carbonyl (C=O) groups is 2. The molecular weight excluding hydrogens is 446 g/mol. The van der Waals surface area contributed by atoms with Gasteiger partial charge in [-0.05, 0) is 104 Å². The van der Waals surface area contributed by atoms with Crippen LogP contribution in [0.5, 0.6) is 0 Å². The smallest absolute Gasteiger partial charge is 0.266 e. The number of nitrogens with zero attached hydrogens (tertiary/aromatic N) is 1. The van der Waals surface area contributed by atoms with Crippen molar-refractivity contribution in [3.63, 3.8) is 0 Å². The number of hydrogen-bond acceptors (Lipinski definition) is 5. The zero-order valence-electron chi connectivity index (χ0n) is 20.4. The Morgan fingerprint density at radius 3 is 2.53 bits per heavy atom. The molecule has 3 fully saturated rings. The number of ketones is 2. The van der Waals surface area contributed by atoms with Gasteiger partial charge in [-0.2, -0.15) is 0 Å². The third kappa shape index (κ3) is 3.68. The summed E-state index contributed by atoms with van der Waals surface area (Å²) < 4.78 is 0. The number of rotatable bonds is 5. The van der Waals surface area contributed by atoms with Gasteiger partial charge < -0.3 is 0 Å². The summed E-state index contributed by atoms with van der Waals surface area (Å²) in [6.07, 6.45) is 8.19. The molecule has 5 nitrogen and oxygen atoms in total. The van der Waals surface area contributed by atoms with Gasteiger partial charge in [-0.1, -0.05) is 37.6 Å². The number of fused-ring (bicyclic) bond motifs is 5. The van der Waals surface area contributed by atoms with Gasteiger partial charge in [-0.3, -0.25) is 19.7 Å². The van der Waals surface area contributed by atoms with Crippen LogP contribution in [-0.4, -0.2) is 21.9 Å². The van der Waals surface area contributed by atoms with E-state index in [1.165, 1.54) is 17.3 Å². The second-order valence-electron chi connectivity index (χ2n) is 11.6. The first kappa shape index (κ1) is 23.8. The normalized spacial score (nSPS) is 39.9. The minimum Gasteiger partial charge on any atom is -0.300 e. The van der Waals surface area contributed by atoms with E-state index in [4.69, 9.17) is 0 Å². The Hall–Kier alpha value is -1.95. The molecule has 2 unspecified atom stereocenters. The van der Waals surface area contributed by atoms with Crippen LogP contribution in [0.25, 0.3) is 0 Å². The maximum Gasteiger partial charge on any atom is 0.266 e. The average molecular weight is 482 g/mol. The molecule has 34 heavy (non-hydrogen) atoms. The SMILES string of the molecule is CC(=O)[C@H]1C(C(Sc2ccccc2)[N+](=O)[O-])C[C@H]2[C@@H]3CCC4=CC(=O)CC[C@]4(C)[C@H]3CC[C@]12C. The fourth-order valence-electron chi connectivity index (χ4n) is 8.63. The lowest BCUT2D eigenvalue weighted by molar-refractivity contribution is -0.505. The monoisotopic (exact) mass is 481 g/mol. The van der Waals surface area contributed by atoms with E-state index in [-0.39, 0.29) is 39.2 Å². The standard InChI is InChI=1S/C28H35NO4S/c1-17(30)25-22(26(29(32)33)34-20-7-5-4-6-8-20)16-24-21-10-9-18-15-19(31)11-13-27(18,2)23(21)12-14-28(24,25)3/h4-8,15,21-26H,9-14,16H2,1-3H3/t21-,22?,23+,24+,25+,26?,27+,28+/m1/s1. The van der Waals surface area contributed by atoms with Crippen LogP contribution >= 0.6 is 11.8 Å². The van der Waals surface area contributed by atoms with E-state index in [0.717, 1.165) is 43.4 Å². The summed E-state index contributed by atoms with van der Waals surface area (Å²) in [6.45, 7) is 6.25. The summed E-state index contributed by atoms with van der Waals surface area (Å²) in [5.74, 6) is 1.12. The highest BCUT2D eigenvalue weighted by molar-refractivity contribution is 7.99. The second-order valence-corrected chi connectivity index (χ2v) is 12.8. The summed E-state index contributed by atoms with van der Waals surface area (Å²) in [5, 5.41) is 11.5. The van der Waals surface area contributed by atoms with Gasteiger partial charge in [0.1, 0.15) is 5.78 Å². The summed E-state index contributed by atoms with van der Waals surface area (Å²) in [6, 6.07) is 9.57. The molecule has 1 aromatic carbocycles. The highest BCUT2D eigenvalue weighted by Crippen LogP contribution is 2.68. The van der Waals surface area contributed by atoms with Crippen molar-refractivity contribution < 1.29 is 14.5 Å². The lowest BCUT2D eigenvalue weighted by Crippen LogP contribution is -2.51. The van der Waals surface area contributed by atoms with E-state index >= 15 is 0 Å². The predicted molar refractivity (Wildman–Crippen MR) is 133 cm³/mol. The highest BCUT2D eigenvalue weighted by Gasteiger charge is 2.64. The molecule has 4 aliphatic carbocycles.